The Hall–Kier alpha value is -2.37. The number of hydrogen-bond acceptors (Lipinski definition) is 2. The zero-order valence-electron chi connectivity index (χ0n) is 10.6. The minimum absolute atomic E-state index is 0.331. The Morgan fingerprint density at radius 3 is 2.45 bits per heavy atom. The average Bonchev–Trinajstić information content (AvgIpc) is 2.45. The van der Waals surface area contributed by atoms with Gasteiger partial charge in [0.15, 0.2) is 0 Å². The molecule has 0 saturated carbocycles. The summed E-state index contributed by atoms with van der Waals surface area (Å²) in [4.78, 5) is 7.93. The van der Waals surface area contributed by atoms with Gasteiger partial charge < -0.3 is 5.32 Å². The van der Waals surface area contributed by atoms with Gasteiger partial charge in [0.05, 0.1) is 5.56 Å². The van der Waals surface area contributed by atoms with Crippen LogP contribution in [0.4, 0.5) is 18.9 Å². The van der Waals surface area contributed by atoms with Gasteiger partial charge in [0.1, 0.15) is 5.84 Å². The average molecular weight is 279 g/mol. The number of nitrogens with one attached hydrogen (secondary N) is 1. The summed E-state index contributed by atoms with van der Waals surface area (Å²) in [5.41, 5.74) is 0.379. The Bertz CT molecular complexity index is 607. The number of halogens is 3. The smallest absolute Gasteiger partial charge is 0.340 e. The van der Waals surface area contributed by atoms with Crippen LogP contribution in [0.25, 0.3) is 0 Å². The maximum absolute atomic E-state index is 12.6. The Labute approximate surface area is 114 Å². The first-order valence-corrected chi connectivity index (χ1v) is 5.82. The number of amidine groups is 1. The van der Waals surface area contributed by atoms with Crippen molar-refractivity contribution in [1.82, 2.24) is 4.98 Å². The molecule has 1 aromatic carbocycles. The van der Waals surface area contributed by atoms with Crippen molar-refractivity contribution in [3.05, 3.63) is 59.9 Å². The van der Waals surface area contributed by atoms with E-state index in [1.54, 1.807) is 37.6 Å². The number of anilines is 1. The monoisotopic (exact) mass is 279 g/mol. The highest BCUT2D eigenvalue weighted by Gasteiger charge is 2.30. The standard InChI is InChI=1S/C14H12F3N3/c1-18-13(10-5-7-19-8-6-10)20-12-4-2-3-11(9-12)14(15,16)17/h2-9H,1H3,(H,18,20). The van der Waals surface area contributed by atoms with Gasteiger partial charge in [-0.25, -0.2) is 0 Å². The van der Waals surface area contributed by atoms with Crippen LogP contribution in [0.3, 0.4) is 0 Å². The van der Waals surface area contributed by atoms with Crippen molar-refractivity contribution in [3.8, 4) is 0 Å². The van der Waals surface area contributed by atoms with E-state index in [-0.39, 0.29) is 0 Å². The fourth-order valence-corrected chi connectivity index (χ4v) is 1.68. The molecule has 0 bridgehead atoms. The molecule has 1 heterocycles. The zero-order valence-corrected chi connectivity index (χ0v) is 10.6. The Balaban J connectivity index is 2.26. The number of benzene rings is 1. The molecule has 3 nitrogen and oxygen atoms in total. The Morgan fingerprint density at radius 1 is 1.15 bits per heavy atom. The van der Waals surface area contributed by atoms with Crippen LogP contribution >= 0.6 is 0 Å². The Morgan fingerprint density at radius 2 is 1.85 bits per heavy atom. The van der Waals surface area contributed by atoms with Crippen molar-refractivity contribution in [1.29, 1.82) is 0 Å². The van der Waals surface area contributed by atoms with Crippen molar-refractivity contribution in [2.24, 2.45) is 4.99 Å². The summed E-state index contributed by atoms with van der Waals surface area (Å²) in [6.07, 6.45) is -1.18. The van der Waals surface area contributed by atoms with Gasteiger partial charge in [0, 0.05) is 30.7 Å². The largest absolute Gasteiger partial charge is 0.416 e. The summed E-state index contributed by atoms with van der Waals surface area (Å²) in [5.74, 6) is 0.478. The van der Waals surface area contributed by atoms with Crippen LogP contribution in [0, 0.1) is 0 Å². The van der Waals surface area contributed by atoms with E-state index in [9.17, 15) is 13.2 Å². The molecule has 0 amide bonds. The van der Waals surface area contributed by atoms with Crippen molar-refractivity contribution < 1.29 is 13.2 Å². The fraction of sp³-hybridized carbons (Fsp3) is 0.143. The lowest BCUT2D eigenvalue weighted by molar-refractivity contribution is -0.137. The predicted molar refractivity (Wildman–Crippen MR) is 71.8 cm³/mol. The molecule has 2 aromatic rings. The van der Waals surface area contributed by atoms with Gasteiger partial charge in [-0.05, 0) is 30.3 Å². The van der Waals surface area contributed by atoms with E-state index in [0.717, 1.165) is 17.7 Å². The third-order valence-corrected chi connectivity index (χ3v) is 2.63. The summed E-state index contributed by atoms with van der Waals surface area (Å²) < 4.78 is 37.9. The maximum Gasteiger partial charge on any atom is 0.416 e. The second kappa shape index (κ2) is 5.73. The number of pyridine rings is 1. The number of aromatic nitrogens is 1. The summed E-state index contributed by atoms with van der Waals surface area (Å²) in [6.45, 7) is 0. The molecule has 6 heteroatoms. The number of aliphatic imine (C=N–C) groups is 1. The van der Waals surface area contributed by atoms with E-state index < -0.39 is 11.7 Å². The molecule has 0 atom stereocenters. The van der Waals surface area contributed by atoms with E-state index in [4.69, 9.17) is 0 Å². The van der Waals surface area contributed by atoms with Crippen LogP contribution in [0.5, 0.6) is 0 Å². The molecule has 0 saturated heterocycles. The molecule has 0 aliphatic heterocycles. The molecular formula is C14H12F3N3. The SMILES string of the molecule is CN=C(Nc1cccc(C(F)(F)F)c1)c1ccncc1. The highest BCUT2D eigenvalue weighted by molar-refractivity contribution is 6.08. The summed E-state index contributed by atoms with van der Waals surface area (Å²) in [7, 11) is 1.57. The second-order valence-electron chi connectivity index (χ2n) is 4.01. The quantitative estimate of drug-likeness (QED) is 0.673. The van der Waals surface area contributed by atoms with Gasteiger partial charge in [-0.1, -0.05) is 6.07 Å². The van der Waals surface area contributed by atoms with E-state index in [0.29, 0.717) is 11.5 Å². The van der Waals surface area contributed by atoms with Gasteiger partial charge in [-0.2, -0.15) is 13.2 Å². The number of hydrogen-bond donors (Lipinski definition) is 1. The van der Waals surface area contributed by atoms with Crippen LogP contribution in [0.1, 0.15) is 11.1 Å². The molecule has 20 heavy (non-hydrogen) atoms. The first-order valence-electron chi connectivity index (χ1n) is 5.82. The van der Waals surface area contributed by atoms with Gasteiger partial charge in [0.2, 0.25) is 0 Å². The van der Waals surface area contributed by atoms with Crippen molar-refractivity contribution in [2.75, 3.05) is 12.4 Å². The Kier molecular flexibility index (Phi) is 4.02. The second-order valence-corrected chi connectivity index (χ2v) is 4.01. The lowest BCUT2D eigenvalue weighted by Crippen LogP contribution is -2.14. The van der Waals surface area contributed by atoms with E-state index in [1.165, 1.54) is 6.07 Å². The van der Waals surface area contributed by atoms with Crippen molar-refractivity contribution >= 4 is 11.5 Å². The normalized spacial score (nSPS) is 12.3. The van der Waals surface area contributed by atoms with Crippen LogP contribution in [-0.2, 0) is 6.18 Å². The van der Waals surface area contributed by atoms with Gasteiger partial charge in [-0.3, -0.25) is 9.98 Å². The fourth-order valence-electron chi connectivity index (χ4n) is 1.68. The third kappa shape index (κ3) is 3.34. The molecule has 0 fully saturated rings. The third-order valence-electron chi connectivity index (χ3n) is 2.63. The van der Waals surface area contributed by atoms with Crippen LogP contribution in [0.2, 0.25) is 0 Å². The van der Waals surface area contributed by atoms with Crippen molar-refractivity contribution in [2.45, 2.75) is 6.18 Å². The lowest BCUT2D eigenvalue weighted by atomic mass is 10.2. The summed E-state index contributed by atoms with van der Waals surface area (Å²) in [6, 6.07) is 8.44. The highest BCUT2D eigenvalue weighted by atomic mass is 19.4. The molecule has 0 aliphatic carbocycles. The molecule has 0 unspecified atom stereocenters. The molecule has 104 valence electrons. The van der Waals surface area contributed by atoms with Crippen LogP contribution in [0.15, 0.2) is 53.8 Å². The van der Waals surface area contributed by atoms with E-state index >= 15 is 0 Å². The molecule has 1 aromatic heterocycles. The first kappa shape index (κ1) is 14.0. The predicted octanol–water partition coefficient (Wildman–Crippen LogP) is 3.59. The van der Waals surface area contributed by atoms with E-state index in [1.807, 2.05) is 0 Å². The maximum atomic E-state index is 12.6. The first-order chi connectivity index (χ1) is 9.50. The van der Waals surface area contributed by atoms with E-state index in [2.05, 4.69) is 15.3 Å². The minimum atomic E-state index is -4.36. The van der Waals surface area contributed by atoms with Crippen LogP contribution < -0.4 is 5.32 Å². The lowest BCUT2D eigenvalue weighted by Gasteiger charge is -2.12. The van der Waals surface area contributed by atoms with Crippen molar-refractivity contribution in [3.63, 3.8) is 0 Å². The molecule has 1 N–H and O–H groups in total. The topological polar surface area (TPSA) is 37.3 Å². The summed E-state index contributed by atoms with van der Waals surface area (Å²) >= 11 is 0. The minimum Gasteiger partial charge on any atom is -0.340 e. The number of nitrogens with zero attached hydrogens (tertiary/aromatic N) is 2. The number of rotatable bonds is 2. The molecule has 2 rings (SSSR count). The zero-order chi connectivity index (χ0) is 14.6. The van der Waals surface area contributed by atoms with Gasteiger partial charge >= 0.3 is 6.18 Å². The number of alkyl halides is 3. The molecule has 0 spiro atoms. The molecular weight excluding hydrogens is 267 g/mol. The molecule has 0 radical (unpaired) electrons. The van der Waals surface area contributed by atoms with Gasteiger partial charge in [-0.15, -0.1) is 0 Å². The van der Waals surface area contributed by atoms with Crippen LogP contribution in [-0.4, -0.2) is 17.9 Å². The molecule has 0 aliphatic rings. The van der Waals surface area contributed by atoms with Gasteiger partial charge in [0.25, 0.3) is 0 Å². The highest BCUT2D eigenvalue weighted by Crippen LogP contribution is 2.30. The summed E-state index contributed by atoms with van der Waals surface area (Å²) in [5, 5.41) is 2.88.